The van der Waals surface area contributed by atoms with Gasteiger partial charge in [-0.05, 0) is 55.0 Å². The molecule has 0 spiro atoms. The van der Waals surface area contributed by atoms with Crippen molar-refractivity contribution in [3.8, 4) is 0 Å². The number of carbonyl (C=O) groups is 2. The molecule has 0 saturated heterocycles. The number of halogens is 2. The van der Waals surface area contributed by atoms with Gasteiger partial charge < -0.3 is 0 Å². The molecule has 4 heteroatoms. The summed E-state index contributed by atoms with van der Waals surface area (Å²) in [7, 11) is 0. The summed E-state index contributed by atoms with van der Waals surface area (Å²) in [6.07, 6.45) is 6.91. The minimum Gasteiger partial charge on any atom is -0.293 e. The van der Waals surface area contributed by atoms with E-state index >= 15 is 0 Å². The molecule has 120 valence electrons. The number of allylic oxidation sites excluding steroid dienone is 4. The first-order chi connectivity index (χ1) is 11.5. The first-order valence-corrected chi connectivity index (χ1v) is 7.48. The van der Waals surface area contributed by atoms with Crippen LogP contribution in [0, 0.1) is 17.0 Å². The van der Waals surface area contributed by atoms with Crippen molar-refractivity contribution in [2.24, 2.45) is 5.41 Å². The Morgan fingerprint density at radius 2 is 1.21 bits per heavy atom. The zero-order valence-corrected chi connectivity index (χ0v) is 12.7. The molecule has 0 aliphatic heterocycles. The average Bonchev–Trinajstić information content (AvgIpc) is 2.62. The third-order valence-corrected chi connectivity index (χ3v) is 4.09. The van der Waals surface area contributed by atoms with Gasteiger partial charge in [0.2, 0.25) is 0 Å². The summed E-state index contributed by atoms with van der Waals surface area (Å²) in [6.45, 7) is 0. The van der Waals surface area contributed by atoms with Crippen LogP contribution in [0.1, 0.15) is 27.1 Å². The Bertz CT molecular complexity index is 773. The molecule has 0 aromatic heterocycles. The van der Waals surface area contributed by atoms with E-state index in [0.29, 0.717) is 0 Å². The average molecular weight is 324 g/mol. The second-order valence-corrected chi connectivity index (χ2v) is 5.63. The molecule has 0 unspecified atom stereocenters. The Kier molecular flexibility index (Phi) is 4.21. The van der Waals surface area contributed by atoms with E-state index in [1.807, 2.05) is 0 Å². The highest BCUT2D eigenvalue weighted by Crippen LogP contribution is 2.36. The van der Waals surface area contributed by atoms with Crippen LogP contribution in [0.5, 0.6) is 0 Å². The fourth-order valence-electron chi connectivity index (χ4n) is 2.78. The maximum Gasteiger partial charge on any atom is 0.180 e. The lowest BCUT2D eigenvalue weighted by Gasteiger charge is -2.28. The molecule has 0 heterocycles. The monoisotopic (exact) mass is 324 g/mol. The minimum atomic E-state index is -1.40. The molecule has 0 fully saturated rings. The van der Waals surface area contributed by atoms with Crippen LogP contribution in [0.4, 0.5) is 8.78 Å². The van der Waals surface area contributed by atoms with E-state index in [-0.39, 0.29) is 17.5 Å². The molecule has 2 aromatic carbocycles. The Labute approximate surface area is 138 Å². The predicted molar refractivity (Wildman–Crippen MR) is 86.8 cm³/mol. The molecule has 0 N–H and O–H groups in total. The number of Topliss-reactive ketones (excluding diaryl/α,β-unsaturated/α-hetero) is 2. The Morgan fingerprint density at radius 1 is 0.750 bits per heavy atom. The SMILES string of the molecule is O=C(c1ccc(F)cc1)C1(C(=O)c2ccc(F)cc2)C=CC=CC1. The third-order valence-electron chi connectivity index (χ3n) is 4.09. The van der Waals surface area contributed by atoms with Crippen molar-refractivity contribution in [2.45, 2.75) is 6.42 Å². The van der Waals surface area contributed by atoms with E-state index in [0.717, 1.165) is 0 Å². The number of benzene rings is 2. The lowest BCUT2D eigenvalue weighted by Crippen LogP contribution is -2.38. The van der Waals surface area contributed by atoms with Gasteiger partial charge in [-0.2, -0.15) is 0 Å². The quantitative estimate of drug-likeness (QED) is 0.611. The highest BCUT2D eigenvalue weighted by atomic mass is 19.1. The maximum atomic E-state index is 13.1. The molecule has 2 nitrogen and oxygen atoms in total. The van der Waals surface area contributed by atoms with Crippen LogP contribution >= 0.6 is 0 Å². The van der Waals surface area contributed by atoms with E-state index in [1.54, 1.807) is 24.3 Å². The van der Waals surface area contributed by atoms with Crippen molar-refractivity contribution in [2.75, 3.05) is 0 Å². The molecule has 3 rings (SSSR count). The molecule has 1 aliphatic carbocycles. The summed E-state index contributed by atoms with van der Waals surface area (Å²) in [5, 5.41) is 0. The van der Waals surface area contributed by atoms with Crippen LogP contribution in [-0.4, -0.2) is 11.6 Å². The van der Waals surface area contributed by atoms with Crippen LogP contribution in [0.2, 0.25) is 0 Å². The Balaban J connectivity index is 2.04. The van der Waals surface area contributed by atoms with Crippen molar-refractivity contribution in [3.05, 3.63) is 95.6 Å². The highest BCUT2D eigenvalue weighted by molar-refractivity contribution is 6.21. The second-order valence-electron chi connectivity index (χ2n) is 5.63. The van der Waals surface area contributed by atoms with Gasteiger partial charge in [0.05, 0.1) is 0 Å². The van der Waals surface area contributed by atoms with Crippen molar-refractivity contribution < 1.29 is 18.4 Å². The first-order valence-electron chi connectivity index (χ1n) is 7.48. The number of carbonyl (C=O) groups excluding carboxylic acids is 2. The summed E-state index contributed by atoms with van der Waals surface area (Å²) < 4.78 is 26.2. The van der Waals surface area contributed by atoms with Crippen LogP contribution < -0.4 is 0 Å². The van der Waals surface area contributed by atoms with Gasteiger partial charge in [0, 0.05) is 11.1 Å². The van der Waals surface area contributed by atoms with Gasteiger partial charge in [0.15, 0.2) is 11.6 Å². The molecular weight excluding hydrogens is 310 g/mol. The molecule has 0 saturated carbocycles. The Hall–Kier alpha value is -2.88. The van der Waals surface area contributed by atoms with Gasteiger partial charge in [-0.3, -0.25) is 9.59 Å². The predicted octanol–water partition coefficient (Wildman–Crippen LogP) is 4.53. The van der Waals surface area contributed by atoms with E-state index in [1.165, 1.54) is 48.5 Å². The van der Waals surface area contributed by atoms with Crippen molar-refractivity contribution >= 4 is 11.6 Å². The lowest BCUT2D eigenvalue weighted by atomic mass is 9.70. The standard InChI is InChI=1S/C20H14F2O2/c21-16-8-4-14(5-9-16)18(23)20(12-2-1-3-13-20)19(24)15-6-10-17(22)11-7-15/h1-12H,13H2. The molecule has 1 aliphatic rings. The van der Waals surface area contributed by atoms with Crippen LogP contribution in [0.15, 0.2) is 72.8 Å². The van der Waals surface area contributed by atoms with Crippen molar-refractivity contribution in [3.63, 3.8) is 0 Å². The van der Waals surface area contributed by atoms with Gasteiger partial charge >= 0.3 is 0 Å². The molecular formula is C20H14F2O2. The van der Waals surface area contributed by atoms with Gasteiger partial charge in [-0.25, -0.2) is 8.78 Å². The zero-order chi connectivity index (χ0) is 17.2. The van der Waals surface area contributed by atoms with Gasteiger partial charge in [-0.15, -0.1) is 0 Å². The minimum absolute atomic E-state index is 0.204. The van der Waals surface area contributed by atoms with E-state index in [2.05, 4.69) is 0 Å². The number of hydrogen-bond acceptors (Lipinski definition) is 2. The first kappa shape index (κ1) is 16.0. The van der Waals surface area contributed by atoms with E-state index < -0.39 is 28.6 Å². The summed E-state index contributed by atoms with van der Waals surface area (Å²) in [4.78, 5) is 26.0. The molecule has 24 heavy (non-hydrogen) atoms. The highest BCUT2D eigenvalue weighted by Gasteiger charge is 2.43. The summed E-state index contributed by atoms with van der Waals surface area (Å²) in [6, 6.07) is 10.2. The largest absolute Gasteiger partial charge is 0.293 e. The van der Waals surface area contributed by atoms with Crippen molar-refractivity contribution in [1.29, 1.82) is 0 Å². The molecule has 0 radical (unpaired) electrons. The second kappa shape index (κ2) is 6.32. The van der Waals surface area contributed by atoms with E-state index in [4.69, 9.17) is 0 Å². The van der Waals surface area contributed by atoms with Gasteiger partial charge in [-0.1, -0.05) is 24.3 Å². The summed E-state index contributed by atoms with van der Waals surface area (Å²) in [5.41, 5.74) is -0.886. The zero-order valence-electron chi connectivity index (χ0n) is 12.7. The molecule has 0 amide bonds. The van der Waals surface area contributed by atoms with Crippen molar-refractivity contribution in [1.82, 2.24) is 0 Å². The normalized spacial score (nSPS) is 15.2. The summed E-state index contributed by atoms with van der Waals surface area (Å²) >= 11 is 0. The maximum absolute atomic E-state index is 13.1. The molecule has 2 aromatic rings. The summed E-state index contributed by atoms with van der Waals surface area (Å²) in [5.74, 6) is -1.72. The smallest absolute Gasteiger partial charge is 0.180 e. The molecule has 0 bridgehead atoms. The van der Waals surface area contributed by atoms with Gasteiger partial charge in [0.1, 0.15) is 17.0 Å². The van der Waals surface area contributed by atoms with Crippen LogP contribution in [-0.2, 0) is 0 Å². The fraction of sp³-hybridized carbons (Fsp3) is 0.100. The Morgan fingerprint density at radius 3 is 1.58 bits per heavy atom. The lowest BCUT2D eigenvalue weighted by molar-refractivity contribution is 0.0727. The molecule has 0 atom stereocenters. The topological polar surface area (TPSA) is 34.1 Å². The number of rotatable bonds is 4. The third kappa shape index (κ3) is 2.83. The van der Waals surface area contributed by atoms with Crippen LogP contribution in [0.3, 0.4) is 0 Å². The van der Waals surface area contributed by atoms with Crippen LogP contribution in [0.25, 0.3) is 0 Å². The fourth-order valence-corrected chi connectivity index (χ4v) is 2.78. The van der Waals surface area contributed by atoms with E-state index in [9.17, 15) is 18.4 Å². The number of hydrogen-bond donors (Lipinski definition) is 0. The van der Waals surface area contributed by atoms with Gasteiger partial charge in [0.25, 0.3) is 0 Å². The number of ketones is 2.